The number of terminal acetylenes is 1. The lowest BCUT2D eigenvalue weighted by molar-refractivity contribution is -0.684. The first-order valence-electron chi connectivity index (χ1n) is 3.84. The van der Waals surface area contributed by atoms with E-state index in [4.69, 9.17) is 6.42 Å². The van der Waals surface area contributed by atoms with Crippen LogP contribution in [0, 0.1) is 12.3 Å². The number of hydrogen-bond donors (Lipinski definition) is 0. The first kappa shape index (κ1) is 12.0. The predicted octanol–water partition coefficient (Wildman–Crippen LogP) is -2.32. The van der Waals surface area contributed by atoms with Gasteiger partial charge in [0.25, 0.3) is 0 Å². The second kappa shape index (κ2) is 5.60. The van der Waals surface area contributed by atoms with Crippen LogP contribution in [0.4, 0.5) is 5.69 Å². The Labute approximate surface area is 90.0 Å². The number of nitrogens with zero attached hydrogens (tertiary/aromatic N) is 2. The van der Waals surface area contributed by atoms with E-state index in [9.17, 15) is 0 Å². The van der Waals surface area contributed by atoms with E-state index < -0.39 is 0 Å². The van der Waals surface area contributed by atoms with E-state index in [0.29, 0.717) is 6.54 Å². The van der Waals surface area contributed by atoms with Gasteiger partial charge in [0.1, 0.15) is 0 Å². The van der Waals surface area contributed by atoms with Crippen molar-refractivity contribution in [3.8, 4) is 12.3 Å². The molecule has 0 fully saturated rings. The molecule has 1 aromatic rings. The molecule has 0 saturated heterocycles. The Hall–Kier alpha value is -1.01. The average molecular weight is 241 g/mol. The predicted molar refractivity (Wildman–Crippen MR) is 49.8 cm³/mol. The van der Waals surface area contributed by atoms with Gasteiger partial charge in [-0.2, -0.15) is 4.57 Å². The van der Waals surface area contributed by atoms with Gasteiger partial charge in [0.15, 0.2) is 12.4 Å². The highest BCUT2D eigenvalue weighted by molar-refractivity contribution is 5.41. The van der Waals surface area contributed by atoms with Crippen LogP contribution in [-0.4, -0.2) is 14.1 Å². The average Bonchev–Trinajstić information content (AvgIpc) is 2.06. The van der Waals surface area contributed by atoms with E-state index in [-0.39, 0.29) is 17.0 Å². The second-order valence-corrected chi connectivity index (χ2v) is 2.83. The summed E-state index contributed by atoms with van der Waals surface area (Å²) in [6.45, 7) is 0.633. The SMILES string of the molecule is C#CC[n+]1ccc(N(C)C)cc1.[Br-]. The van der Waals surface area contributed by atoms with E-state index in [0.717, 1.165) is 0 Å². The Kier molecular flexibility index (Phi) is 5.17. The Morgan fingerprint density at radius 3 is 2.31 bits per heavy atom. The van der Waals surface area contributed by atoms with Crippen molar-refractivity contribution >= 4 is 5.69 Å². The molecule has 0 radical (unpaired) electrons. The molecule has 0 aliphatic carbocycles. The highest BCUT2D eigenvalue weighted by Gasteiger charge is 1.98. The third-order valence-electron chi connectivity index (χ3n) is 1.66. The van der Waals surface area contributed by atoms with Gasteiger partial charge in [-0.1, -0.05) is 0 Å². The van der Waals surface area contributed by atoms with Crippen LogP contribution in [0.15, 0.2) is 24.5 Å². The van der Waals surface area contributed by atoms with Crippen LogP contribution in [0.3, 0.4) is 0 Å². The van der Waals surface area contributed by atoms with Crippen molar-refractivity contribution in [3.63, 3.8) is 0 Å². The maximum absolute atomic E-state index is 5.18. The molecule has 3 heteroatoms. The van der Waals surface area contributed by atoms with Crippen molar-refractivity contribution in [1.82, 2.24) is 0 Å². The lowest BCUT2D eigenvalue weighted by Crippen LogP contribution is -3.00. The molecular formula is C10H13BrN2. The van der Waals surface area contributed by atoms with Crippen LogP contribution in [0.5, 0.6) is 0 Å². The Morgan fingerprint density at radius 1 is 1.38 bits per heavy atom. The number of aromatic nitrogens is 1. The standard InChI is InChI=1S/C10H13N2.BrH/c1-4-7-12-8-5-10(6-9-12)11(2)3;/h1,5-6,8-9H,7H2,2-3H3;1H/q+1;/p-1. The van der Waals surface area contributed by atoms with E-state index in [2.05, 4.69) is 10.8 Å². The molecule has 70 valence electrons. The maximum Gasteiger partial charge on any atom is 0.208 e. The lowest BCUT2D eigenvalue weighted by atomic mass is 10.4. The molecule has 0 bridgehead atoms. The topological polar surface area (TPSA) is 7.12 Å². The van der Waals surface area contributed by atoms with Crippen LogP contribution >= 0.6 is 0 Å². The zero-order chi connectivity index (χ0) is 8.97. The van der Waals surface area contributed by atoms with Crippen LogP contribution < -0.4 is 26.4 Å². The smallest absolute Gasteiger partial charge is 0.208 e. The first-order chi connectivity index (χ1) is 5.74. The minimum Gasteiger partial charge on any atom is -1.00 e. The number of anilines is 1. The minimum absolute atomic E-state index is 0. The molecule has 0 amide bonds. The van der Waals surface area contributed by atoms with Crippen molar-refractivity contribution < 1.29 is 21.5 Å². The van der Waals surface area contributed by atoms with Crippen molar-refractivity contribution in [2.45, 2.75) is 6.54 Å². The molecule has 0 spiro atoms. The molecule has 13 heavy (non-hydrogen) atoms. The summed E-state index contributed by atoms with van der Waals surface area (Å²) in [5.74, 6) is 2.58. The number of rotatable bonds is 2. The summed E-state index contributed by atoms with van der Waals surface area (Å²) in [7, 11) is 4.03. The summed E-state index contributed by atoms with van der Waals surface area (Å²) in [6, 6.07) is 4.08. The largest absolute Gasteiger partial charge is 1.00 e. The van der Waals surface area contributed by atoms with Crippen molar-refractivity contribution in [2.75, 3.05) is 19.0 Å². The molecule has 1 aromatic heterocycles. The van der Waals surface area contributed by atoms with E-state index in [1.54, 1.807) is 0 Å². The van der Waals surface area contributed by atoms with Gasteiger partial charge < -0.3 is 21.9 Å². The van der Waals surface area contributed by atoms with Gasteiger partial charge >= 0.3 is 0 Å². The van der Waals surface area contributed by atoms with Crippen LogP contribution in [0.2, 0.25) is 0 Å². The fraction of sp³-hybridized carbons (Fsp3) is 0.300. The first-order valence-corrected chi connectivity index (χ1v) is 3.84. The van der Waals surface area contributed by atoms with E-state index in [1.807, 2.05) is 43.2 Å². The summed E-state index contributed by atoms with van der Waals surface area (Å²) in [5.41, 5.74) is 1.18. The monoisotopic (exact) mass is 240 g/mol. The summed E-state index contributed by atoms with van der Waals surface area (Å²) in [5, 5.41) is 0. The van der Waals surface area contributed by atoms with Crippen molar-refractivity contribution in [2.24, 2.45) is 0 Å². The Morgan fingerprint density at radius 2 is 1.92 bits per heavy atom. The van der Waals surface area contributed by atoms with Gasteiger partial charge in [-0.05, 0) is 5.92 Å². The molecule has 0 unspecified atom stereocenters. The highest BCUT2D eigenvalue weighted by Crippen LogP contribution is 2.05. The molecule has 0 aliphatic rings. The van der Waals surface area contributed by atoms with Crippen LogP contribution in [0.25, 0.3) is 0 Å². The molecule has 2 nitrogen and oxygen atoms in total. The minimum atomic E-state index is 0. The van der Waals surface area contributed by atoms with E-state index >= 15 is 0 Å². The van der Waals surface area contributed by atoms with Crippen molar-refractivity contribution in [1.29, 1.82) is 0 Å². The molecule has 1 heterocycles. The lowest BCUT2D eigenvalue weighted by Gasteiger charge is -2.09. The summed E-state index contributed by atoms with van der Waals surface area (Å²) in [6.07, 6.45) is 9.14. The van der Waals surface area contributed by atoms with Crippen molar-refractivity contribution in [3.05, 3.63) is 24.5 Å². The summed E-state index contributed by atoms with van der Waals surface area (Å²) >= 11 is 0. The molecular weight excluding hydrogens is 228 g/mol. The summed E-state index contributed by atoms with van der Waals surface area (Å²) < 4.78 is 1.97. The zero-order valence-electron chi connectivity index (χ0n) is 7.87. The molecule has 1 rings (SSSR count). The number of pyridine rings is 1. The van der Waals surface area contributed by atoms with E-state index in [1.165, 1.54) is 5.69 Å². The second-order valence-electron chi connectivity index (χ2n) is 2.83. The quantitative estimate of drug-likeness (QED) is 0.416. The van der Waals surface area contributed by atoms with Gasteiger partial charge in [-0.25, -0.2) is 0 Å². The molecule has 0 N–H and O–H groups in total. The van der Waals surface area contributed by atoms with Gasteiger partial charge in [0.05, 0.1) is 0 Å². The van der Waals surface area contributed by atoms with Gasteiger partial charge in [-0.3, -0.25) is 0 Å². The maximum atomic E-state index is 5.18. The van der Waals surface area contributed by atoms with Gasteiger partial charge in [-0.15, -0.1) is 6.42 Å². The Balaban J connectivity index is 0.00000144. The summed E-state index contributed by atoms with van der Waals surface area (Å²) in [4.78, 5) is 2.06. The van der Waals surface area contributed by atoms with Gasteiger partial charge in [0.2, 0.25) is 6.54 Å². The third kappa shape index (κ3) is 3.47. The number of halogens is 1. The number of hydrogen-bond acceptors (Lipinski definition) is 1. The third-order valence-corrected chi connectivity index (χ3v) is 1.66. The fourth-order valence-electron chi connectivity index (χ4n) is 0.958. The van der Waals surface area contributed by atoms with Crippen LogP contribution in [0.1, 0.15) is 0 Å². The zero-order valence-corrected chi connectivity index (χ0v) is 9.45. The van der Waals surface area contributed by atoms with Crippen LogP contribution in [-0.2, 0) is 6.54 Å². The Bertz CT molecular complexity index is 285. The molecule has 0 atom stereocenters. The van der Waals surface area contributed by atoms with Gasteiger partial charge in [0, 0.05) is 31.9 Å². The molecule has 0 aliphatic heterocycles. The molecule has 0 saturated carbocycles. The normalized spacial score (nSPS) is 8.38. The highest BCUT2D eigenvalue weighted by atomic mass is 79.9. The molecule has 0 aromatic carbocycles. The fourth-order valence-corrected chi connectivity index (χ4v) is 0.958.